The molecule has 0 amide bonds. The quantitative estimate of drug-likeness (QED) is 0.575. The molecule has 2 aliphatic rings. The number of hydrogen-bond acceptors (Lipinski definition) is 3. The molecule has 0 bridgehead atoms. The number of rotatable bonds is 1. The van der Waals surface area contributed by atoms with E-state index in [1.165, 1.54) is 0 Å². The Morgan fingerprint density at radius 2 is 2.31 bits per heavy atom. The average Bonchev–Trinajstić information content (AvgIpc) is 2.18. The topological polar surface area (TPSA) is 27.7 Å². The number of methoxy groups -OCH3 is 1. The Morgan fingerprint density at radius 1 is 1.46 bits per heavy atom. The van der Waals surface area contributed by atoms with Gasteiger partial charge in [-0.2, -0.15) is 4.89 Å². The first-order valence-electron chi connectivity index (χ1n) is 4.21. The summed E-state index contributed by atoms with van der Waals surface area (Å²) in [6.07, 6.45) is 9.65. The van der Waals surface area contributed by atoms with E-state index in [0.717, 1.165) is 5.57 Å². The largest absolute Gasteiger partial charge is 0.348 e. The smallest absolute Gasteiger partial charge is 0.218 e. The van der Waals surface area contributed by atoms with Crippen LogP contribution in [0.2, 0.25) is 0 Å². The van der Waals surface area contributed by atoms with Gasteiger partial charge in [0.15, 0.2) is 0 Å². The Bertz CT molecular complexity index is 291. The van der Waals surface area contributed by atoms with E-state index in [-0.39, 0.29) is 6.10 Å². The average molecular weight is 180 g/mol. The van der Waals surface area contributed by atoms with Crippen molar-refractivity contribution in [2.24, 2.45) is 0 Å². The zero-order valence-electron chi connectivity index (χ0n) is 7.69. The van der Waals surface area contributed by atoms with E-state index < -0.39 is 5.79 Å². The minimum absolute atomic E-state index is 0.0896. The monoisotopic (exact) mass is 180 g/mol. The van der Waals surface area contributed by atoms with Crippen LogP contribution in [0.4, 0.5) is 0 Å². The summed E-state index contributed by atoms with van der Waals surface area (Å²) in [5.74, 6) is -0.763. The van der Waals surface area contributed by atoms with Crippen molar-refractivity contribution >= 4 is 0 Å². The molecule has 3 heteroatoms. The van der Waals surface area contributed by atoms with Crippen molar-refractivity contribution in [2.45, 2.75) is 18.8 Å². The lowest BCUT2D eigenvalue weighted by Crippen LogP contribution is -2.36. The first-order chi connectivity index (χ1) is 6.23. The summed E-state index contributed by atoms with van der Waals surface area (Å²) in [5, 5.41) is 0. The van der Waals surface area contributed by atoms with Crippen LogP contribution in [0.5, 0.6) is 0 Å². The molecule has 0 saturated heterocycles. The van der Waals surface area contributed by atoms with Crippen molar-refractivity contribution in [3.8, 4) is 0 Å². The summed E-state index contributed by atoms with van der Waals surface area (Å²) in [6, 6.07) is 0. The molecule has 0 saturated carbocycles. The summed E-state index contributed by atoms with van der Waals surface area (Å²) in [4.78, 5) is 10.3. The van der Waals surface area contributed by atoms with Crippen molar-refractivity contribution in [1.29, 1.82) is 0 Å². The summed E-state index contributed by atoms with van der Waals surface area (Å²) in [6.45, 7) is 1.81. The Balaban J connectivity index is 2.28. The van der Waals surface area contributed by atoms with Crippen molar-refractivity contribution in [3.63, 3.8) is 0 Å². The molecule has 3 nitrogen and oxygen atoms in total. The summed E-state index contributed by atoms with van der Waals surface area (Å²) >= 11 is 0. The number of fused-ring (bicyclic) bond motifs is 1. The second-order valence-electron chi connectivity index (χ2n) is 3.21. The van der Waals surface area contributed by atoms with Gasteiger partial charge in [0.05, 0.1) is 0 Å². The van der Waals surface area contributed by atoms with Gasteiger partial charge in [0.25, 0.3) is 0 Å². The van der Waals surface area contributed by atoms with Crippen LogP contribution < -0.4 is 0 Å². The molecule has 1 heterocycles. The van der Waals surface area contributed by atoms with Gasteiger partial charge in [-0.25, -0.2) is 4.89 Å². The van der Waals surface area contributed by atoms with Gasteiger partial charge in [0.2, 0.25) is 5.79 Å². The van der Waals surface area contributed by atoms with E-state index in [4.69, 9.17) is 14.5 Å². The SMILES string of the molecule is COC1(C)C=C2C=CC=CC2OO1. The molecular formula is C10H12O3. The summed E-state index contributed by atoms with van der Waals surface area (Å²) in [7, 11) is 1.59. The number of allylic oxidation sites excluding steroid dienone is 2. The Labute approximate surface area is 77.2 Å². The lowest BCUT2D eigenvalue weighted by atomic mass is 10.0. The molecule has 2 rings (SSSR count). The van der Waals surface area contributed by atoms with Crippen molar-refractivity contribution < 1.29 is 14.5 Å². The van der Waals surface area contributed by atoms with Crippen molar-refractivity contribution in [2.75, 3.05) is 7.11 Å². The van der Waals surface area contributed by atoms with Crippen LogP contribution in [0.1, 0.15) is 6.92 Å². The van der Waals surface area contributed by atoms with Crippen LogP contribution in [0.3, 0.4) is 0 Å². The summed E-state index contributed by atoms with van der Waals surface area (Å²) in [5.41, 5.74) is 1.07. The molecule has 70 valence electrons. The highest BCUT2D eigenvalue weighted by Gasteiger charge is 2.32. The second kappa shape index (κ2) is 3.10. The van der Waals surface area contributed by atoms with Gasteiger partial charge >= 0.3 is 0 Å². The van der Waals surface area contributed by atoms with Gasteiger partial charge in [0.1, 0.15) is 6.10 Å². The zero-order valence-corrected chi connectivity index (χ0v) is 7.69. The molecule has 2 unspecified atom stereocenters. The van der Waals surface area contributed by atoms with E-state index in [2.05, 4.69) is 0 Å². The second-order valence-corrected chi connectivity index (χ2v) is 3.21. The van der Waals surface area contributed by atoms with Gasteiger partial charge in [-0.15, -0.1) is 0 Å². The maximum Gasteiger partial charge on any atom is 0.218 e. The fourth-order valence-corrected chi connectivity index (χ4v) is 1.32. The predicted molar refractivity (Wildman–Crippen MR) is 47.7 cm³/mol. The van der Waals surface area contributed by atoms with E-state index in [1.54, 1.807) is 7.11 Å². The van der Waals surface area contributed by atoms with Gasteiger partial charge in [-0.05, 0) is 24.6 Å². The Hall–Kier alpha value is -0.900. The maximum absolute atomic E-state index is 5.16. The van der Waals surface area contributed by atoms with Gasteiger partial charge < -0.3 is 4.74 Å². The molecule has 0 spiro atoms. The number of hydrogen-bond donors (Lipinski definition) is 0. The van der Waals surface area contributed by atoms with Gasteiger partial charge in [-0.3, -0.25) is 0 Å². The fourth-order valence-electron chi connectivity index (χ4n) is 1.32. The standard InChI is InChI=1S/C10H12O3/c1-10(11-2)7-8-5-3-4-6-9(8)12-13-10/h3-7,9H,1-2H3. The Kier molecular flexibility index (Phi) is 2.07. The van der Waals surface area contributed by atoms with Crippen LogP contribution in [0, 0.1) is 0 Å². The third-order valence-corrected chi connectivity index (χ3v) is 2.17. The molecule has 2 atom stereocenters. The lowest BCUT2D eigenvalue weighted by Gasteiger charge is -2.32. The van der Waals surface area contributed by atoms with E-state index in [1.807, 2.05) is 37.3 Å². The molecule has 1 aliphatic heterocycles. The first kappa shape index (κ1) is 8.69. The molecule has 0 radical (unpaired) electrons. The van der Waals surface area contributed by atoms with E-state index >= 15 is 0 Å². The van der Waals surface area contributed by atoms with Gasteiger partial charge in [0, 0.05) is 7.11 Å². The highest BCUT2D eigenvalue weighted by Crippen LogP contribution is 2.28. The molecule has 13 heavy (non-hydrogen) atoms. The van der Waals surface area contributed by atoms with E-state index in [0.29, 0.717) is 0 Å². The molecule has 0 fully saturated rings. The third kappa shape index (κ3) is 1.58. The van der Waals surface area contributed by atoms with Crippen LogP contribution in [-0.4, -0.2) is 19.0 Å². The first-order valence-corrected chi connectivity index (χ1v) is 4.21. The molecule has 0 aromatic heterocycles. The lowest BCUT2D eigenvalue weighted by molar-refractivity contribution is -0.417. The fraction of sp³-hybridized carbons (Fsp3) is 0.400. The van der Waals surface area contributed by atoms with Crippen LogP contribution in [-0.2, 0) is 14.5 Å². The van der Waals surface area contributed by atoms with Crippen molar-refractivity contribution in [3.05, 3.63) is 36.0 Å². The molecular weight excluding hydrogens is 168 g/mol. The summed E-state index contributed by atoms with van der Waals surface area (Å²) < 4.78 is 5.15. The van der Waals surface area contributed by atoms with Crippen LogP contribution in [0.15, 0.2) is 36.0 Å². The number of ether oxygens (including phenoxy) is 1. The van der Waals surface area contributed by atoms with Gasteiger partial charge in [-0.1, -0.05) is 18.2 Å². The molecule has 0 aromatic carbocycles. The minimum atomic E-state index is -0.763. The van der Waals surface area contributed by atoms with Crippen LogP contribution >= 0.6 is 0 Å². The highest BCUT2D eigenvalue weighted by atomic mass is 17.2. The predicted octanol–water partition coefficient (Wildman–Crippen LogP) is 1.73. The van der Waals surface area contributed by atoms with E-state index in [9.17, 15) is 0 Å². The third-order valence-electron chi connectivity index (χ3n) is 2.17. The zero-order chi connectivity index (χ0) is 9.31. The molecule has 1 aliphatic carbocycles. The highest BCUT2D eigenvalue weighted by molar-refractivity contribution is 5.36. The van der Waals surface area contributed by atoms with Crippen LogP contribution in [0.25, 0.3) is 0 Å². The molecule has 0 N–H and O–H groups in total. The molecule has 0 aromatic rings. The Morgan fingerprint density at radius 3 is 3.08 bits per heavy atom. The maximum atomic E-state index is 5.16. The normalized spacial score (nSPS) is 37.1. The minimum Gasteiger partial charge on any atom is -0.348 e. The van der Waals surface area contributed by atoms with Crippen molar-refractivity contribution in [1.82, 2.24) is 0 Å².